The second kappa shape index (κ2) is 8.23. The summed E-state index contributed by atoms with van der Waals surface area (Å²) in [6.45, 7) is 6.36. The summed E-state index contributed by atoms with van der Waals surface area (Å²) < 4.78 is 11.7. The molecule has 3 nitrogen and oxygen atoms in total. The average molecular weight is 269 g/mol. The molecule has 2 unspecified atom stereocenters. The summed E-state index contributed by atoms with van der Waals surface area (Å²) in [7, 11) is 0. The van der Waals surface area contributed by atoms with Gasteiger partial charge in [-0.25, -0.2) is 0 Å². The molecule has 1 saturated carbocycles. The van der Waals surface area contributed by atoms with Gasteiger partial charge in [-0.1, -0.05) is 19.3 Å². The monoisotopic (exact) mass is 269 g/mol. The van der Waals surface area contributed by atoms with E-state index in [1.807, 2.05) is 0 Å². The minimum atomic E-state index is 0.403. The van der Waals surface area contributed by atoms with E-state index in [2.05, 4.69) is 19.2 Å². The molecule has 3 heteroatoms. The van der Waals surface area contributed by atoms with Gasteiger partial charge in [-0.15, -0.1) is 0 Å². The summed E-state index contributed by atoms with van der Waals surface area (Å²) in [4.78, 5) is 0. The first-order valence-corrected chi connectivity index (χ1v) is 8.24. The van der Waals surface area contributed by atoms with Gasteiger partial charge in [0.15, 0.2) is 0 Å². The van der Waals surface area contributed by atoms with E-state index < -0.39 is 0 Å². The van der Waals surface area contributed by atoms with Crippen LogP contribution in [0.25, 0.3) is 0 Å². The highest BCUT2D eigenvalue weighted by Crippen LogP contribution is 2.20. The Morgan fingerprint density at radius 2 is 1.74 bits per heavy atom. The maximum absolute atomic E-state index is 5.95. The molecular weight excluding hydrogens is 238 g/mol. The van der Waals surface area contributed by atoms with E-state index in [9.17, 15) is 0 Å². The van der Waals surface area contributed by atoms with Crippen LogP contribution < -0.4 is 5.32 Å². The van der Waals surface area contributed by atoms with Crippen LogP contribution in [0.2, 0.25) is 0 Å². The third-order valence-corrected chi connectivity index (χ3v) is 4.36. The first-order valence-electron chi connectivity index (χ1n) is 8.24. The van der Waals surface area contributed by atoms with E-state index in [0.717, 1.165) is 32.4 Å². The maximum Gasteiger partial charge on any atom is 0.0575 e. The molecule has 1 N–H and O–H groups in total. The molecule has 0 bridgehead atoms. The van der Waals surface area contributed by atoms with Crippen LogP contribution in [0.1, 0.15) is 65.2 Å². The first-order chi connectivity index (χ1) is 9.24. The molecule has 0 aromatic rings. The molecule has 1 aliphatic carbocycles. The number of hydrogen-bond acceptors (Lipinski definition) is 3. The van der Waals surface area contributed by atoms with Crippen molar-refractivity contribution in [2.45, 2.75) is 89.6 Å². The van der Waals surface area contributed by atoms with Gasteiger partial charge in [0.1, 0.15) is 0 Å². The van der Waals surface area contributed by atoms with Crippen molar-refractivity contribution in [3.05, 3.63) is 0 Å². The number of ether oxygens (including phenoxy) is 2. The Morgan fingerprint density at radius 1 is 1.05 bits per heavy atom. The van der Waals surface area contributed by atoms with Gasteiger partial charge in [0.2, 0.25) is 0 Å². The van der Waals surface area contributed by atoms with Crippen molar-refractivity contribution in [2.24, 2.45) is 0 Å². The second-order valence-electron chi connectivity index (χ2n) is 6.36. The minimum absolute atomic E-state index is 0.403. The van der Waals surface area contributed by atoms with Crippen molar-refractivity contribution >= 4 is 0 Å². The zero-order valence-corrected chi connectivity index (χ0v) is 12.7. The molecule has 2 atom stereocenters. The molecule has 1 aliphatic heterocycles. The molecule has 2 fully saturated rings. The van der Waals surface area contributed by atoms with Gasteiger partial charge in [-0.05, 0) is 52.5 Å². The highest BCUT2D eigenvalue weighted by Gasteiger charge is 2.23. The highest BCUT2D eigenvalue weighted by atomic mass is 16.5. The lowest BCUT2D eigenvalue weighted by Gasteiger charge is -2.32. The van der Waals surface area contributed by atoms with Crippen molar-refractivity contribution in [1.82, 2.24) is 5.32 Å². The van der Waals surface area contributed by atoms with Crippen LogP contribution in [0, 0.1) is 0 Å². The Morgan fingerprint density at radius 3 is 2.42 bits per heavy atom. The predicted octanol–water partition coefficient (Wildman–Crippen LogP) is 3.27. The molecule has 112 valence electrons. The molecule has 2 rings (SSSR count). The number of rotatable bonds is 6. The minimum Gasteiger partial charge on any atom is -0.378 e. The van der Waals surface area contributed by atoms with E-state index in [4.69, 9.17) is 9.47 Å². The molecular formula is C16H31NO2. The van der Waals surface area contributed by atoms with Gasteiger partial charge in [0.05, 0.1) is 18.3 Å². The molecule has 0 aromatic heterocycles. The highest BCUT2D eigenvalue weighted by molar-refractivity contribution is 4.78. The molecule has 0 radical (unpaired) electrons. The third kappa shape index (κ3) is 5.80. The normalized spacial score (nSPS) is 33.5. The van der Waals surface area contributed by atoms with Gasteiger partial charge in [0, 0.05) is 12.6 Å². The van der Waals surface area contributed by atoms with Crippen LogP contribution in [0.5, 0.6) is 0 Å². The zero-order valence-electron chi connectivity index (χ0n) is 12.7. The lowest BCUT2D eigenvalue weighted by atomic mass is 9.98. The molecule has 1 saturated heterocycles. The van der Waals surface area contributed by atoms with Crippen molar-refractivity contribution in [3.8, 4) is 0 Å². The van der Waals surface area contributed by atoms with Gasteiger partial charge >= 0.3 is 0 Å². The summed E-state index contributed by atoms with van der Waals surface area (Å²) in [5.74, 6) is 0. The fourth-order valence-electron chi connectivity index (χ4n) is 3.43. The SMILES string of the molecule is CC1CC(NCCCOC2CCCCC2)CC(C)O1. The summed E-state index contributed by atoms with van der Waals surface area (Å²) >= 11 is 0. The van der Waals surface area contributed by atoms with E-state index in [1.165, 1.54) is 32.1 Å². The van der Waals surface area contributed by atoms with Crippen LogP contribution in [-0.2, 0) is 9.47 Å². The molecule has 0 spiro atoms. The van der Waals surface area contributed by atoms with Crippen molar-refractivity contribution in [2.75, 3.05) is 13.2 Å². The van der Waals surface area contributed by atoms with Crippen LogP contribution in [0.4, 0.5) is 0 Å². The van der Waals surface area contributed by atoms with E-state index in [1.54, 1.807) is 0 Å². The van der Waals surface area contributed by atoms with Crippen LogP contribution in [0.15, 0.2) is 0 Å². The topological polar surface area (TPSA) is 30.5 Å². The molecule has 19 heavy (non-hydrogen) atoms. The predicted molar refractivity (Wildman–Crippen MR) is 78.5 cm³/mol. The Labute approximate surface area is 118 Å². The van der Waals surface area contributed by atoms with Crippen LogP contribution in [0.3, 0.4) is 0 Å². The van der Waals surface area contributed by atoms with Gasteiger partial charge in [-0.2, -0.15) is 0 Å². The molecule has 0 aromatic carbocycles. The van der Waals surface area contributed by atoms with Crippen LogP contribution in [-0.4, -0.2) is 37.5 Å². The van der Waals surface area contributed by atoms with Gasteiger partial charge < -0.3 is 14.8 Å². The fourth-order valence-corrected chi connectivity index (χ4v) is 3.43. The second-order valence-corrected chi connectivity index (χ2v) is 6.36. The standard InChI is InChI=1S/C16H31NO2/c1-13-11-15(12-14(2)19-13)17-9-6-10-18-16-7-4-3-5-8-16/h13-17H,3-12H2,1-2H3. The third-order valence-electron chi connectivity index (χ3n) is 4.36. The van der Waals surface area contributed by atoms with Gasteiger partial charge in [-0.3, -0.25) is 0 Å². The number of nitrogens with one attached hydrogen (secondary N) is 1. The van der Waals surface area contributed by atoms with Crippen molar-refractivity contribution in [1.29, 1.82) is 0 Å². The average Bonchev–Trinajstić information content (AvgIpc) is 2.38. The summed E-state index contributed by atoms with van der Waals surface area (Å²) in [5.41, 5.74) is 0. The summed E-state index contributed by atoms with van der Waals surface area (Å²) in [6.07, 6.45) is 11.5. The quantitative estimate of drug-likeness (QED) is 0.751. The van der Waals surface area contributed by atoms with Crippen molar-refractivity contribution in [3.63, 3.8) is 0 Å². The molecule has 0 amide bonds. The Bertz CT molecular complexity index is 231. The van der Waals surface area contributed by atoms with Gasteiger partial charge in [0.25, 0.3) is 0 Å². The number of hydrogen-bond donors (Lipinski definition) is 1. The Hall–Kier alpha value is -0.120. The van der Waals surface area contributed by atoms with Crippen LogP contribution >= 0.6 is 0 Å². The summed E-state index contributed by atoms with van der Waals surface area (Å²) in [6, 6.07) is 0.633. The first kappa shape index (κ1) is 15.3. The lowest BCUT2D eigenvalue weighted by Crippen LogP contribution is -2.41. The molecule has 2 aliphatic rings. The smallest absolute Gasteiger partial charge is 0.0575 e. The lowest BCUT2D eigenvalue weighted by molar-refractivity contribution is -0.0424. The zero-order chi connectivity index (χ0) is 13.5. The van der Waals surface area contributed by atoms with E-state index in [-0.39, 0.29) is 0 Å². The largest absolute Gasteiger partial charge is 0.378 e. The maximum atomic E-state index is 5.95. The molecule has 1 heterocycles. The van der Waals surface area contributed by atoms with Crippen molar-refractivity contribution < 1.29 is 9.47 Å². The summed E-state index contributed by atoms with van der Waals surface area (Å²) in [5, 5.41) is 3.66. The Balaban J connectivity index is 1.49. The Kier molecular flexibility index (Phi) is 6.62. The van der Waals surface area contributed by atoms with E-state index in [0.29, 0.717) is 24.4 Å². The fraction of sp³-hybridized carbons (Fsp3) is 1.00. The van der Waals surface area contributed by atoms with E-state index >= 15 is 0 Å².